The van der Waals surface area contributed by atoms with Crippen LogP contribution in [0.15, 0.2) is 47.4 Å². The average molecular weight is 321 g/mol. The van der Waals surface area contributed by atoms with E-state index in [4.69, 9.17) is 5.73 Å². The minimum absolute atomic E-state index is 0.0868. The summed E-state index contributed by atoms with van der Waals surface area (Å²) in [5, 5.41) is 3.90. The molecule has 0 atom stereocenters. The Kier molecular flexibility index (Phi) is 3.65. The predicted octanol–water partition coefficient (Wildman–Crippen LogP) is 3.23. The Labute approximate surface area is 139 Å². The fraction of sp³-hybridized carbons (Fsp3) is 0.278. The van der Waals surface area contributed by atoms with Crippen molar-refractivity contribution in [2.75, 3.05) is 11.1 Å². The van der Waals surface area contributed by atoms with Crippen molar-refractivity contribution >= 4 is 28.4 Å². The maximum absolute atomic E-state index is 12.5. The molecular formula is C18H19N5O. The van der Waals surface area contributed by atoms with Gasteiger partial charge in [-0.2, -0.15) is 4.98 Å². The summed E-state index contributed by atoms with van der Waals surface area (Å²) in [7, 11) is 0. The van der Waals surface area contributed by atoms with E-state index in [0.29, 0.717) is 17.3 Å². The summed E-state index contributed by atoms with van der Waals surface area (Å²) >= 11 is 0. The molecular weight excluding hydrogens is 302 g/mol. The Balaban J connectivity index is 1.84. The van der Waals surface area contributed by atoms with Crippen LogP contribution in [-0.4, -0.2) is 14.5 Å². The minimum atomic E-state index is -0.0868. The highest BCUT2D eigenvalue weighted by Gasteiger charge is 2.21. The summed E-state index contributed by atoms with van der Waals surface area (Å²) in [5.41, 5.74) is 7.86. The van der Waals surface area contributed by atoms with Crippen molar-refractivity contribution in [3.05, 3.63) is 52.9 Å². The van der Waals surface area contributed by atoms with Crippen LogP contribution in [0.1, 0.15) is 31.7 Å². The second-order valence-electron chi connectivity index (χ2n) is 6.17. The lowest BCUT2D eigenvalue weighted by atomic mass is 10.2. The molecule has 0 amide bonds. The number of anilines is 3. The number of nitrogens with two attached hydrogens (primary N) is 1. The third kappa shape index (κ3) is 2.60. The van der Waals surface area contributed by atoms with Crippen LogP contribution in [0.2, 0.25) is 0 Å². The van der Waals surface area contributed by atoms with Gasteiger partial charge in [0, 0.05) is 29.7 Å². The Morgan fingerprint density at radius 3 is 2.67 bits per heavy atom. The van der Waals surface area contributed by atoms with Crippen molar-refractivity contribution in [3.8, 4) is 0 Å². The van der Waals surface area contributed by atoms with E-state index in [-0.39, 0.29) is 11.6 Å². The molecule has 6 nitrogen and oxygen atoms in total. The highest BCUT2D eigenvalue weighted by molar-refractivity contribution is 5.87. The van der Waals surface area contributed by atoms with E-state index in [2.05, 4.69) is 15.3 Å². The smallest absolute Gasteiger partial charge is 0.254 e. The molecule has 1 aliphatic carbocycles. The lowest BCUT2D eigenvalue weighted by Gasteiger charge is -2.17. The fourth-order valence-electron chi connectivity index (χ4n) is 3.37. The summed E-state index contributed by atoms with van der Waals surface area (Å²) < 4.78 is 1.79. The third-order valence-electron chi connectivity index (χ3n) is 4.54. The summed E-state index contributed by atoms with van der Waals surface area (Å²) in [6, 6.07) is 11.4. The monoisotopic (exact) mass is 321 g/mol. The van der Waals surface area contributed by atoms with Crippen LogP contribution in [0, 0.1) is 0 Å². The first-order valence-corrected chi connectivity index (χ1v) is 8.22. The minimum Gasteiger partial charge on any atom is -0.398 e. The second kappa shape index (κ2) is 5.96. The molecule has 2 heterocycles. The van der Waals surface area contributed by atoms with Gasteiger partial charge in [0.2, 0.25) is 5.95 Å². The second-order valence-corrected chi connectivity index (χ2v) is 6.17. The number of benzene rings is 1. The molecule has 6 heteroatoms. The zero-order chi connectivity index (χ0) is 16.5. The van der Waals surface area contributed by atoms with E-state index in [0.717, 1.165) is 36.8 Å². The van der Waals surface area contributed by atoms with Gasteiger partial charge < -0.3 is 11.1 Å². The number of nitrogen functional groups attached to an aromatic ring is 1. The van der Waals surface area contributed by atoms with Gasteiger partial charge in [-0.1, -0.05) is 31.0 Å². The van der Waals surface area contributed by atoms with Gasteiger partial charge in [-0.05, 0) is 25.0 Å². The Morgan fingerprint density at radius 2 is 1.92 bits per heavy atom. The van der Waals surface area contributed by atoms with Crippen molar-refractivity contribution in [3.63, 3.8) is 0 Å². The number of rotatable bonds is 3. The Hall–Kier alpha value is -2.89. The average Bonchev–Trinajstić information content (AvgIpc) is 3.10. The van der Waals surface area contributed by atoms with Crippen molar-refractivity contribution < 1.29 is 0 Å². The largest absolute Gasteiger partial charge is 0.398 e. The number of hydrogen-bond donors (Lipinski definition) is 2. The lowest BCUT2D eigenvalue weighted by molar-refractivity contribution is 0.516. The van der Waals surface area contributed by atoms with Crippen LogP contribution in [0.4, 0.5) is 17.3 Å². The van der Waals surface area contributed by atoms with Gasteiger partial charge in [0.05, 0.1) is 5.39 Å². The SMILES string of the molecule is Nc1cc(=O)n(C2CCCC2)c2nc(Nc3ccccc3)ncc12. The molecule has 0 saturated heterocycles. The van der Waals surface area contributed by atoms with Crippen molar-refractivity contribution in [1.29, 1.82) is 0 Å². The van der Waals surface area contributed by atoms with Gasteiger partial charge in [0.15, 0.2) is 5.65 Å². The molecule has 1 fully saturated rings. The van der Waals surface area contributed by atoms with E-state index in [1.807, 2.05) is 30.3 Å². The van der Waals surface area contributed by atoms with Gasteiger partial charge >= 0.3 is 0 Å². The van der Waals surface area contributed by atoms with Crippen molar-refractivity contribution in [1.82, 2.24) is 14.5 Å². The molecule has 0 radical (unpaired) electrons. The molecule has 0 aliphatic heterocycles. The van der Waals surface area contributed by atoms with E-state index < -0.39 is 0 Å². The molecule has 0 unspecified atom stereocenters. The molecule has 122 valence electrons. The summed E-state index contributed by atoms with van der Waals surface area (Å²) in [6.07, 6.45) is 5.98. The number of nitrogens with one attached hydrogen (secondary N) is 1. The molecule has 4 rings (SSSR count). The van der Waals surface area contributed by atoms with Crippen LogP contribution < -0.4 is 16.6 Å². The van der Waals surface area contributed by atoms with Crippen LogP contribution >= 0.6 is 0 Å². The van der Waals surface area contributed by atoms with Gasteiger partial charge in [0.1, 0.15) is 0 Å². The highest BCUT2D eigenvalue weighted by atomic mass is 16.1. The van der Waals surface area contributed by atoms with Crippen LogP contribution in [0.25, 0.3) is 11.0 Å². The van der Waals surface area contributed by atoms with E-state index >= 15 is 0 Å². The molecule has 3 N–H and O–H groups in total. The molecule has 0 spiro atoms. The molecule has 2 aromatic heterocycles. The number of aromatic nitrogens is 3. The molecule has 0 bridgehead atoms. The zero-order valence-corrected chi connectivity index (χ0v) is 13.3. The number of pyridine rings is 1. The maximum Gasteiger partial charge on any atom is 0.254 e. The summed E-state index contributed by atoms with van der Waals surface area (Å²) in [4.78, 5) is 21.5. The lowest BCUT2D eigenvalue weighted by Crippen LogP contribution is -2.25. The van der Waals surface area contributed by atoms with Gasteiger partial charge in [0.25, 0.3) is 5.56 Å². The third-order valence-corrected chi connectivity index (χ3v) is 4.54. The van der Waals surface area contributed by atoms with E-state index in [1.54, 1.807) is 10.8 Å². The first kappa shape index (κ1) is 14.7. The van der Waals surface area contributed by atoms with Gasteiger partial charge in [-0.15, -0.1) is 0 Å². The standard InChI is InChI=1S/C18H19N5O/c19-15-10-16(24)23(13-8-4-5-9-13)17-14(15)11-20-18(22-17)21-12-6-2-1-3-7-12/h1-3,6-7,10-11,13H,4-5,8-9,19H2,(H,20,21,22). The molecule has 3 aromatic rings. The first-order valence-electron chi connectivity index (χ1n) is 8.22. The van der Waals surface area contributed by atoms with Crippen LogP contribution in [0.5, 0.6) is 0 Å². The predicted molar refractivity (Wildman–Crippen MR) is 95.4 cm³/mol. The van der Waals surface area contributed by atoms with E-state index in [9.17, 15) is 4.79 Å². The topological polar surface area (TPSA) is 85.8 Å². The maximum atomic E-state index is 12.5. The molecule has 1 aromatic carbocycles. The van der Waals surface area contributed by atoms with Gasteiger partial charge in [-0.3, -0.25) is 9.36 Å². The van der Waals surface area contributed by atoms with Crippen LogP contribution in [-0.2, 0) is 0 Å². The number of nitrogens with zero attached hydrogens (tertiary/aromatic N) is 3. The van der Waals surface area contributed by atoms with E-state index in [1.165, 1.54) is 6.07 Å². The number of fused-ring (bicyclic) bond motifs is 1. The Morgan fingerprint density at radius 1 is 1.17 bits per heavy atom. The number of hydrogen-bond acceptors (Lipinski definition) is 5. The fourth-order valence-corrected chi connectivity index (χ4v) is 3.37. The first-order chi connectivity index (χ1) is 11.7. The highest BCUT2D eigenvalue weighted by Crippen LogP contribution is 2.31. The van der Waals surface area contributed by atoms with Crippen molar-refractivity contribution in [2.45, 2.75) is 31.7 Å². The molecule has 1 aliphatic rings. The van der Waals surface area contributed by atoms with Crippen LogP contribution in [0.3, 0.4) is 0 Å². The normalized spacial score (nSPS) is 15.0. The summed E-state index contributed by atoms with van der Waals surface area (Å²) in [6.45, 7) is 0. The Bertz CT molecular complexity index is 929. The van der Waals surface area contributed by atoms with Crippen molar-refractivity contribution in [2.24, 2.45) is 0 Å². The van der Waals surface area contributed by atoms with Gasteiger partial charge in [-0.25, -0.2) is 4.98 Å². The zero-order valence-electron chi connectivity index (χ0n) is 13.3. The molecule has 24 heavy (non-hydrogen) atoms. The number of para-hydroxylation sites is 1. The summed E-state index contributed by atoms with van der Waals surface area (Å²) in [5.74, 6) is 0.463. The quantitative estimate of drug-likeness (QED) is 0.773. The molecule has 1 saturated carbocycles.